The van der Waals surface area contributed by atoms with Crippen LogP contribution in [0.2, 0.25) is 0 Å². The molecule has 29 heavy (non-hydrogen) atoms. The fourth-order valence-electron chi connectivity index (χ4n) is 3.14. The van der Waals surface area contributed by atoms with Crippen molar-refractivity contribution in [2.24, 2.45) is 5.92 Å². The zero-order chi connectivity index (χ0) is 21.4. The standard InChI is InChI=1S/C21H30BrN3O4/c1-21(2,3)29-20(28)24-13-15-5-4-12-25(14-15)18(26)10-11-23-19(27)16-6-8-17(22)9-7-16/h6-9,15H,4-5,10-14H2,1-3H3,(H,23,27)(H,24,28)/t15-/m1/s1. The Morgan fingerprint density at radius 2 is 1.86 bits per heavy atom. The highest BCUT2D eigenvalue weighted by molar-refractivity contribution is 9.10. The summed E-state index contributed by atoms with van der Waals surface area (Å²) >= 11 is 3.33. The first-order valence-electron chi connectivity index (χ1n) is 9.92. The van der Waals surface area contributed by atoms with E-state index >= 15 is 0 Å². The Labute approximate surface area is 180 Å². The molecule has 8 heteroatoms. The van der Waals surface area contributed by atoms with E-state index in [1.54, 1.807) is 24.3 Å². The number of amides is 3. The summed E-state index contributed by atoms with van der Waals surface area (Å²) in [5.74, 6) is 0.0315. The van der Waals surface area contributed by atoms with Crippen LogP contribution in [0.15, 0.2) is 28.7 Å². The number of carbonyl (C=O) groups is 3. The second kappa shape index (κ2) is 10.6. The van der Waals surface area contributed by atoms with Crippen LogP contribution in [0.25, 0.3) is 0 Å². The van der Waals surface area contributed by atoms with Crippen molar-refractivity contribution in [1.82, 2.24) is 15.5 Å². The summed E-state index contributed by atoms with van der Waals surface area (Å²) in [5, 5.41) is 5.58. The SMILES string of the molecule is CC(C)(C)OC(=O)NC[C@H]1CCCN(C(=O)CCNC(=O)c2ccc(Br)cc2)C1. The molecule has 1 saturated heterocycles. The minimum atomic E-state index is -0.528. The highest BCUT2D eigenvalue weighted by atomic mass is 79.9. The molecule has 0 spiro atoms. The molecule has 1 aromatic carbocycles. The minimum Gasteiger partial charge on any atom is -0.444 e. The maximum atomic E-state index is 12.5. The number of rotatable bonds is 6. The minimum absolute atomic E-state index is 0.0167. The van der Waals surface area contributed by atoms with E-state index in [1.807, 2.05) is 25.7 Å². The maximum Gasteiger partial charge on any atom is 0.407 e. The Morgan fingerprint density at radius 3 is 2.52 bits per heavy atom. The summed E-state index contributed by atoms with van der Waals surface area (Å²) in [6.45, 7) is 7.57. The van der Waals surface area contributed by atoms with Gasteiger partial charge < -0.3 is 20.3 Å². The second-order valence-electron chi connectivity index (χ2n) is 8.24. The number of ether oxygens (including phenoxy) is 1. The van der Waals surface area contributed by atoms with E-state index < -0.39 is 11.7 Å². The number of likely N-dealkylation sites (tertiary alicyclic amines) is 1. The van der Waals surface area contributed by atoms with Crippen LogP contribution in [0.1, 0.15) is 50.4 Å². The number of halogens is 1. The monoisotopic (exact) mass is 467 g/mol. The van der Waals surface area contributed by atoms with E-state index in [0.29, 0.717) is 31.7 Å². The van der Waals surface area contributed by atoms with Crippen molar-refractivity contribution >= 4 is 33.8 Å². The lowest BCUT2D eigenvalue weighted by Crippen LogP contribution is -2.45. The topological polar surface area (TPSA) is 87.7 Å². The molecule has 160 valence electrons. The Morgan fingerprint density at radius 1 is 1.17 bits per heavy atom. The summed E-state index contributed by atoms with van der Waals surface area (Å²) in [7, 11) is 0. The molecule has 0 aliphatic carbocycles. The van der Waals surface area contributed by atoms with Crippen LogP contribution in [0.5, 0.6) is 0 Å². The lowest BCUT2D eigenvalue weighted by atomic mass is 9.98. The van der Waals surface area contributed by atoms with Gasteiger partial charge in [-0.1, -0.05) is 15.9 Å². The van der Waals surface area contributed by atoms with Crippen molar-refractivity contribution in [2.75, 3.05) is 26.2 Å². The molecule has 0 unspecified atom stereocenters. The average Bonchev–Trinajstić information content (AvgIpc) is 2.65. The number of carbonyl (C=O) groups excluding carboxylic acids is 3. The molecule has 1 heterocycles. The van der Waals surface area contributed by atoms with E-state index in [1.165, 1.54) is 0 Å². The van der Waals surface area contributed by atoms with Crippen molar-refractivity contribution in [3.8, 4) is 0 Å². The molecule has 3 amide bonds. The number of benzene rings is 1. The van der Waals surface area contributed by atoms with E-state index in [2.05, 4.69) is 26.6 Å². The summed E-state index contributed by atoms with van der Waals surface area (Å²) < 4.78 is 6.16. The summed E-state index contributed by atoms with van der Waals surface area (Å²) in [6, 6.07) is 7.07. The van der Waals surface area contributed by atoms with Crippen molar-refractivity contribution in [1.29, 1.82) is 0 Å². The van der Waals surface area contributed by atoms with Gasteiger partial charge in [0, 0.05) is 42.6 Å². The molecule has 0 bridgehead atoms. The third-order valence-corrected chi connectivity index (χ3v) is 5.07. The lowest BCUT2D eigenvalue weighted by Gasteiger charge is -2.33. The number of nitrogens with one attached hydrogen (secondary N) is 2. The fourth-order valence-corrected chi connectivity index (χ4v) is 3.41. The van der Waals surface area contributed by atoms with E-state index in [-0.39, 0.29) is 24.2 Å². The van der Waals surface area contributed by atoms with Gasteiger partial charge in [-0.25, -0.2) is 4.79 Å². The van der Waals surface area contributed by atoms with E-state index in [4.69, 9.17) is 4.74 Å². The van der Waals surface area contributed by atoms with Crippen molar-refractivity contribution in [3.63, 3.8) is 0 Å². The molecule has 0 radical (unpaired) electrons. The maximum absolute atomic E-state index is 12.5. The quantitative estimate of drug-likeness (QED) is 0.671. The summed E-state index contributed by atoms with van der Waals surface area (Å²) in [5.41, 5.74) is 0.0335. The number of alkyl carbamates (subject to hydrolysis) is 1. The molecule has 1 aliphatic heterocycles. The highest BCUT2D eigenvalue weighted by Crippen LogP contribution is 2.17. The fraction of sp³-hybridized carbons (Fsp3) is 0.571. The van der Waals surface area contributed by atoms with Crippen LogP contribution < -0.4 is 10.6 Å². The zero-order valence-electron chi connectivity index (χ0n) is 17.3. The molecular formula is C21H30BrN3O4. The van der Waals surface area contributed by atoms with Gasteiger partial charge in [-0.05, 0) is 63.8 Å². The smallest absolute Gasteiger partial charge is 0.407 e. The lowest BCUT2D eigenvalue weighted by molar-refractivity contribution is -0.132. The normalized spacial score (nSPS) is 16.8. The molecular weight excluding hydrogens is 438 g/mol. The number of hydrogen-bond donors (Lipinski definition) is 2. The van der Waals surface area contributed by atoms with Gasteiger partial charge >= 0.3 is 6.09 Å². The van der Waals surface area contributed by atoms with Crippen LogP contribution >= 0.6 is 15.9 Å². The first kappa shape index (κ1) is 23.2. The van der Waals surface area contributed by atoms with Crippen LogP contribution in [0, 0.1) is 5.92 Å². The Bertz CT molecular complexity index is 716. The molecule has 0 aromatic heterocycles. The largest absolute Gasteiger partial charge is 0.444 e. The van der Waals surface area contributed by atoms with Gasteiger partial charge in [0.25, 0.3) is 5.91 Å². The predicted octanol–water partition coefficient (Wildman–Crippen LogP) is 3.33. The molecule has 1 aromatic rings. The first-order valence-corrected chi connectivity index (χ1v) is 10.7. The molecule has 2 rings (SSSR count). The van der Waals surface area contributed by atoms with Gasteiger partial charge in [0.05, 0.1) is 0 Å². The number of hydrogen-bond acceptors (Lipinski definition) is 4. The third-order valence-electron chi connectivity index (χ3n) is 4.54. The second-order valence-corrected chi connectivity index (χ2v) is 9.16. The van der Waals surface area contributed by atoms with Gasteiger partial charge in [-0.3, -0.25) is 9.59 Å². The number of piperidine rings is 1. The summed E-state index contributed by atoms with van der Waals surface area (Å²) in [4.78, 5) is 38.2. The molecule has 0 saturated carbocycles. The van der Waals surface area contributed by atoms with Gasteiger partial charge in [-0.15, -0.1) is 0 Å². The highest BCUT2D eigenvalue weighted by Gasteiger charge is 2.24. The molecule has 7 nitrogen and oxygen atoms in total. The predicted molar refractivity (Wildman–Crippen MR) is 115 cm³/mol. The van der Waals surface area contributed by atoms with E-state index in [0.717, 1.165) is 17.3 Å². The van der Waals surface area contributed by atoms with Gasteiger partial charge in [0.1, 0.15) is 5.60 Å². The van der Waals surface area contributed by atoms with Gasteiger partial charge in [0.15, 0.2) is 0 Å². The molecule has 2 N–H and O–H groups in total. The van der Waals surface area contributed by atoms with Crippen LogP contribution in [0.4, 0.5) is 4.79 Å². The Balaban J connectivity index is 1.71. The van der Waals surface area contributed by atoms with Crippen molar-refractivity contribution in [3.05, 3.63) is 34.3 Å². The van der Waals surface area contributed by atoms with Crippen LogP contribution in [0.3, 0.4) is 0 Å². The van der Waals surface area contributed by atoms with Crippen molar-refractivity contribution < 1.29 is 19.1 Å². The Kier molecular flexibility index (Phi) is 8.49. The van der Waals surface area contributed by atoms with Gasteiger partial charge in [0.2, 0.25) is 5.91 Å². The Hall–Kier alpha value is -2.09. The van der Waals surface area contributed by atoms with Gasteiger partial charge in [-0.2, -0.15) is 0 Å². The van der Waals surface area contributed by atoms with Crippen LogP contribution in [-0.2, 0) is 9.53 Å². The molecule has 1 atom stereocenters. The number of nitrogens with zero attached hydrogens (tertiary/aromatic N) is 1. The zero-order valence-corrected chi connectivity index (χ0v) is 18.9. The molecule has 1 fully saturated rings. The summed E-state index contributed by atoms with van der Waals surface area (Å²) in [6.07, 6.45) is 1.68. The third kappa shape index (κ3) is 8.43. The van der Waals surface area contributed by atoms with Crippen molar-refractivity contribution in [2.45, 2.75) is 45.6 Å². The first-order chi connectivity index (χ1) is 13.6. The average molecular weight is 468 g/mol. The van der Waals surface area contributed by atoms with E-state index in [9.17, 15) is 14.4 Å². The van der Waals surface area contributed by atoms with Crippen LogP contribution in [-0.4, -0.2) is 54.6 Å². The molecule has 1 aliphatic rings.